The van der Waals surface area contributed by atoms with E-state index < -0.39 is 0 Å². The van der Waals surface area contributed by atoms with Crippen LogP contribution in [-0.2, 0) is 0 Å². The minimum absolute atomic E-state index is 0.00668. The molecule has 1 aromatic carbocycles. The highest BCUT2D eigenvalue weighted by Gasteiger charge is 2.20. The Balaban J connectivity index is 1.62. The molecule has 4 heterocycles. The van der Waals surface area contributed by atoms with Crippen LogP contribution in [0.5, 0.6) is 0 Å². The SMILES string of the molecule is CCC(C)n1ncc2nc(-n3cnnn3)nc(N[C@H](CC)c3cnc4ccccc4c3)c21. The summed E-state index contributed by atoms with van der Waals surface area (Å²) in [4.78, 5) is 14.1. The van der Waals surface area contributed by atoms with Crippen LogP contribution in [0.2, 0.25) is 0 Å². The van der Waals surface area contributed by atoms with Crippen molar-refractivity contribution in [1.29, 1.82) is 0 Å². The number of fused-ring (bicyclic) bond motifs is 2. The highest BCUT2D eigenvalue weighted by molar-refractivity contribution is 5.86. The van der Waals surface area contributed by atoms with Gasteiger partial charge in [-0.3, -0.25) is 9.67 Å². The van der Waals surface area contributed by atoms with Crippen LogP contribution in [0.1, 0.15) is 51.3 Å². The molecular formula is C22H24N10. The Morgan fingerprint density at radius 1 is 1.03 bits per heavy atom. The normalized spacial score (nSPS) is 13.5. The number of hydrogen-bond donors (Lipinski definition) is 1. The van der Waals surface area contributed by atoms with Crippen molar-refractivity contribution in [2.75, 3.05) is 5.32 Å². The minimum atomic E-state index is 0.00668. The number of aromatic nitrogens is 9. The summed E-state index contributed by atoms with van der Waals surface area (Å²) in [7, 11) is 0. The number of tetrazole rings is 1. The number of anilines is 1. The van der Waals surface area contributed by atoms with E-state index >= 15 is 0 Å². The summed E-state index contributed by atoms with van der Waals surface area (Å²) in [5, 5.41) is 20.7. The summed E-state index contributed by atoms with van der Waals surface area (Å²) in [6.45, 7) is 6.41. The quantitative estimate of drug-likeness (QED) is 0.415. The fraction of sp³-hybridized carbons (Fsp3) is 0.318. The van der Waals surface area contributed by atoms with Crippen LogP contribution >= 0.6 is 0 Å². The van der Waals surface area contributed by atoms with Crippen LogP contribution in [0.4, 0.5) is 5.82 Å². The molecule has 0 bridgehead atoms. The smallest absolute Gasteiger partial charge is 0.256 e. The van der Waals surface area contributed by atoms with E-state index in [4.69, 9.17) is 4.98 Å². The lowest BCUT2D eigenvalue weighted by Gasteiger charge is -2.20. The van der Waals surface area contributed by atoms with Crippen molar-refractivity contribution in [3.05, 3.63) is 54.6 Å². The van der Waals surface area contributed by atoms with Gasteiger partial charge in [-0.25, -0.2) is 4.98 Å². The second-order valence-corrected chi connectivity index (χ2v) is 7.77. The van der Waals surface area contributed by atoms with E-state index in [1.54, 1.807) is 6.20 Å². The van der Waals surface area contributed by atoms with E-state index in [0.29, 0.717) is 11.8 Å². The molecule has 0 fully saturated rings. The Morgan fingerprint density at radius 3 is 2.69 bits per heavy atom. The molecule has 10 heteroatoms. The van der Waals surface area contributed by atoms with Crippen molar-refractivity contribution >= 4 is 27.8 Å². The van der Waals surface area contributed by atoms with E-state index in [9.17, 15) is 0 Å². The third-order valence-electron chi connectivity index (χ3n) is 5.73. The zero-order valence-electron chi connectivity index (χ0n) is 18.2. The number of rotatable bonds is 7. The topological polar surface area (TPSA) is 112 Å². The summed E-state index contributed by atoms with van der Waals surface area (Å²) in [6.07, 6.45) is 6.96. The van der Waals surface area contributed by atoms with Crippen LogP contribution in [0, 0.1) is 0 Å². The Morgan fingerprint density at radius 2 is 1.91 bits per heavy atom. The van der Waals surface area contributed by atoms with E-state index in [1.165, 1.54) is 11.0 Å². The van der Waals surface area contributed by atoms with Crippen LogP contribution in [0.15, 0.2) is 49.1 Å². The van der Waals surface area contributed by atoms with Crippen molar-refractivity contribution in [2.24, 2.45) is 0 Å². The highest BCUT2D eigenvalue weighted by atomic mass is 15.6. The van der Waals surface area contributed by atoms with Gasteiger partial charge in [-0.15, -0.1) is 5.10 Å². The van der Waals surface area contributed by atoms with Gasteiger partial charge in [0.1, 0.15) is 17.4 Å². The summed E-state index contributed by atoms with van der Waals surface area (Å²) in [5.41, 5.74) is 3.67. The molecule has 0 spiro atoms. The van der Waals surface area contributed by atoms with Gasteiger partial charge in [-0.1, -0.05) is 32.0 Å². The maximum atomic E-state index is 4.79. The Hall–Kier alpha value is -3.95. The van der Waals surface area contributed by atoms with Crippen LogP contribution in [0.25, 0.3) is 27.9 Å². The van der Waals surface area contributed by atoms with Crippen molar-refractivity contribution in [3.63, 3.8) is 0 Å². The van der Waals surface area contributed by atoms with Crippen molar-refractivity contribution in [1.82, 2.24) is 44.9 Å². The largest absolute Gasteiger partial charge is 0.361 e. The van der Waals surface area contributed by atoms with Gasteiger partial charge < -0.3 is 5.32 Å². The minimum Gasteiger partial charge on any atom is -0.361 e. The number of hydrogen-bond acceptors (Lipinski definition) is 8. The van der Waals surface area contributed by atoms with Gasteiger partial charge in [0.15, 0.2) is 5.82 Å². The molecule has 0 radical (unpaired) electrons. The molecule has 1 unspecified atom stereocenters. The molecule has 0 aliphatic heterocycles. The van der Waals surface area contributed by atoms with Crippen molar-refractivity contribution in [2.45, 2.75) is 45.7 Å². The van der Waals surface area contributed by atoms with E-state index in [2.05, 4.69) is 68.8 Å². The predicted octanol–water partition coefficient (Wildman–Crippen LogP) is 3.88. The Labute approximate surface area is 184 Å². The third kappa shape index (κ3) is 3.53. The first-order chi connectivity index (χ1) is 15.7. The molecule has 0 aliphatic rings. The van der Waals surface area contributed by atoms with Gasteiger partial charge in [0.05, 0.1) is 17.8 Å². The van der Waals surface area contributed by atoms with E-state index in [-0.39, 0.29) is 12.1 Å². The number of para-hydroxylation sites is 1. The average molecular weight is 429 g/mol. The lowest BCUT2D eigenvalue weighted by Crippen LogP contribution is -2.15. The van der Waals surface area contributed by atoms with Crippen LogP contribution < -0.4 is 5.32 Å². The van der Waals surface area contributed by atoms with Crippen LogP contribution in [0.3, 0.4) is 0 Å². The predicted molar refractivity (Wildman–Crippen MR) is 121 cm³/mol. The molecule has 162 valence electrons. The lowest BCUT2D eigenvalue weighted by atomic mass is 10.0. The Bertz CT molecular complexity index is 1360. The van der Waals surface area contributed by atoms with Crippen molar-refractivity contribution in [3.8, 4) is 5.95 Å². The third-order valence-corrected chi connectivity index (χ3v) is 5.73. The Kier molecular flexibility index (Phi) is 5.18. The van der Waals surface area contributed by atoms with Gasteiger partial charge in [0.25, 0.3) is 5.95 Å². The summed E-state index contributed by atoms with van der Waals surface area (Å²) in [5.74, 6) is 1.08. The highest BCUT2D eigenvalue weighted by Crippen LogP contribution is 2.30. The first-order valence-corrected chi connectivity index (χ1v) is 10.8. The number of nitrogens with zero attached hydrogens (tertiary/aromatic N) is 9. The molecule has 10 nitrogen and oxygen atoms in total. The monoisotopic (exact) mass is 428 g/mol. The van der Waals surface area contributed by atoms with E-state index in [0.717, 1.165) is 40.3 Å². The first kappa shape index (κ1) is 20.0. The zero-order chi connectivity index (χ0) is 22.1. The van der Waals surface area contributed by atoms with E-state index in [1.807, 2.05) is 29.1 Å². The summed E-state index contributed by atoms with van der Waals surface area (Å²) >= 11 is 0. The maximum absolute atomic E-state index is 4.79. The number of benzene rings is 1. The molecule has 5 aromatic rings. The molecule has 4 aromatic heterocycles. The average Bonchev–Trinajstić information content (AvgIpc) is 3.52. The zero-order valence-corrected chi connectivity index (χ0v) is 18.2. The maximum Gasteiger partial charge on any atom is 0.256 e. The molecule has 0 aliphatic carbocycles. The second-order valence-electron chi connectivity index (χ2n) is 7.77. The molecule has 1 N–H and O–H groups in total. The van der Waals surface area contributed by atoms with Crippen LogP contribution in [-0.4, -0.2) is 44.9 Å². The number of pyridine rings is 1. The fourth-order valence-corrected chi connectivity index (χ4v) is 3.78. The van der Waals surface area contributed by atoms with Gasteiger partial charge in [-0.05, 0) is 47.9 Å². The molecule has 0 saturated carbocycles. The molecule has 0 amide bonds. The molecule has 0 saturated heterocycles. The summed E-state index contributed by atoms with van der Waals surface area (Å²) in [6, 6.07) is 10.5. The standard InChI is InChI=1S/C22H24N10/c1-4-14(3)32-20-19(12-25-32)27-22(31-13-24-29-30-31)28-21(20)26-17(5-2)16-10-15-8-6-7-9-18(15)23-11-16/h6-14,17H,4-5H2,1-3H3,(H,26,27,28)/t14?,17-/m1/s1. The summed E-state index contributed by atoms with van der Waals surface area (Å²) < 4.78 is 3.43. The van der Waals surface area contributed by atoms with Gasteiger partial charge in [0.2, 0.25) is 0 Å². The molecular weight excluding hydrogens is 404 g/mol. The van der Waals surface area contributed by atoms with Gasteiger partial charge >= 0.3 is 0 Å². The first-order valence-electron chi connectivity index (χ1n) is 10.8. The van der Waals surface area contributed by atoms with Gasteiger partial charge in [0, 0.05) is 17.6 Å². The fourth-order valence-electron chi connectivity index (χ4n) is 3.78. The van der Waals surface area contributed by atoms with Crippen molar-refractivity contribution < 1.29 is 0 Å². The molecule has 5 rings (SSSR count). The lowest BCUT2D eigenvalue weighted by molar-refractivity contribution is 0.493. The second kappa shape index (κ2) is 8.29. The number of nitrogens with one attached hydrogen (secondary N) is 1. The molecule has 2 atom stereocenters. The molecule has 32 heavy (non-hydrogen) atoms. The van der Waals surface area contributed by atoms with Gasteiger partial charge in [-0.2, -0.15) is 14.8 Å².